The maximum absolute atomic E-state index is 12.6. The molecule has 2 atom stereocenters. The Morgan fingerprint density at radius 3 is 2.32 bits per heavy atom. The molecule has 2 saturated heterocycles. The van der Waals surface area contributed by atoms with Crippen molar-refractivity contribution in [3.63, 3.8) is 0 Å². The van der Waals surface area contributed by atoms with E-state index in [9.17, 15) is 9.59 Å². The van der Waals surface area contributed by atoms with Gasteiger partial charge in [0.25, 0.3) is 0 Å². The number of hydrogen-bond donors (Lipinski definition) is 2. The molecule has 0 radical (unpaired) electrons. The molecule has 188 valence electrons. The summed E-state index contributed by atoms with van der Waals surface area (Å²) in [7, 11) is -0.508. The summed E-state index contributed by atoms with van der Waals surface area (Å²) in [6.07, 6.45) is 4.59. The third-order valence-electron chi connectivity index (χ3n) is 6.36. The standard InChI is InChI=1S/C23H38BN5O5/c1-15(27-20(31)32-21(2,3)4)18(30)28-17-10-9-11-29(14-17)19-25-12-16(13-26-19)24-33-22(5,6)23(7,8)34-24/h12-13,15,17H,9-11,14H2,1-8H3,(H,27,31)(H,28,30). The average Bonchev–Trinajstić information content (AvgIpc) is 2.94. The second kappa shape index (κ2) is 9.69. The average molecular weight is 475 g/mol. The van der Waals surface area contributed by atoms with Crippen molar-refractivity contribution in [2.24, 2.45) is 0 Å². The molecule has 0 bridgehead atoms. The van der Waals surface area contributed by atoms with Crippen LogP contribution in [0.4, 0.5) is 10.7 Å². The molecule has 0 aromatic carbocycles. The van der Waals surface area contributed by atoms with Crippen LogP contribution >= 0.6 is 0 Å². The van der Waals surface area contributed by atoms with Gasteiger partial charge < -0.3 is 29.6 Å². The van der Waals surface area contributed by atoms with Crippen molar-refractivity contribution >= 4 is 30.5 Å². The fourth-order valence-electron chi connectivity index (χ4n) is 3.75. The number of amides is 2. The molecule has 2 aliphatic heterocycles. The Hall–Kier alpha value is -2.40. The van der Waals surface area contributed by atoms with E-state index in [-0.39, 0.29) is 11.9 Å². The van der Waals surface area contributed by atoms with Crippen molar-refractivity contribution < 1.29 is 23.6 Å². The largest absolute Gasteiger partial charge is 0.498 e. The summed E-state index contributed by atoms with van der Waals surface area (Å²) in [5.41, 5.74) is -0.706. The predicted molar refractivity (Wildman–Crippen MR) is 130 cm³/mol. The third-order valence-corrected chi connectivity index (χ3v) is 6.36. The maximum Gasteiger partial charge on any atom is 0.498 e. The van der Waals surface area contributed by atoms with Crippen LogP contribution < -0.4 is 21.0 Å². The zero-order valence-electron chi connectivity index (χ0n) is 21.6. The van der Waals surface area contributed by atoms with Gasteiger partial charge in [-0.3, -0.25) is 4.79 Å². The van der Waals surface area contributed by atoms with Crippen molar-refractivity contribution in [3.8, 4) is 0 Å². The Bertz CT molecular complexity index is 871. The Balaban J connectivity index is 1.54. The molecule has 0 spiro atoms. The lowest BCUT2D eigenvalue weighted by Crippen LogP contribution is -2.53. The molecule has 0 aliphatic carbocycles. The van der Waals surface area contributed by atoms with Crippen molar-refractivity contribution in [2.75, 3.05) is 18.0 Å². The molecule has 2 unspecified atom stereocenters. The lowest BCUT2D eigenvalue weighted by atomic mass is 9.81. The molecule has 1 aromatic rings. The van der Waals surface area contributed by atoms with Crippen molar-refractivity contribution in [2.45, 2.75) is 97.1 Å². The van der Waals surface area contributed by atoms with Crippen LogP contribution in [0.15, 0.2) is 12.4 Å². The molecule has 34 heavy (non-hydrogen) atoms. The smallest absolute Gasteiger partial charge is 0.444 e. The fraction of sp³-hybridized carbons (Fsp3) is 0.739. The molecule has 11 heteroatoms. The normalized spacial score (nSPS) is 22.8. The van der Waals surface area contributed by atoms with E-state index in [1.165, 1.54) is 0 Å². The van der Waals surface area contributed by atoms with E-state index in [1.807, 2.05) is 27.7 Å². The van der Waals surface area contributed by atoms with E-state index < -0.39 is 36.1 Å². The number of carbonyl (C=O) groups excluding carboxylic acids is 2. The number of hydrogen-bond acceptors (Lipinski definition) is 8. The highest BCUT2D eigenvalue weighted by Gasteiger charge is 2.52. The SMILES string of the molecule is CC(NC(=O)OC(C)(C)C)C(=O)NC1CCCN(c2ncc(B3OC(C)(C)C(C)(C)O3)cn2)C1. The lowest BCUT2D eigenvalue weighted by Gasteiger charge is -2.33. The summed E-state index contributed by atoms with van der Waals surface area (Å²) in [5, 5.41) is 5.59. The van der Waals surface area contributed by atoms with Gasteiger partial charge in [0.05, 0.1) is 11.2 Å². The van der Waals surface area contributed by atoms with Gasteiger partial charge in [-0.25, -0.2) is 14.8 Å². The quantitative estimate of drug-likeness (QED) is 0.620. The van der Waals surface area contributed by atoms with E-state index in [1.54, 1.807) is 40.1 Å². The number of nitrogens with zero attached hydrogens (tertiary/aromatic N) is 3. The number of aromatic nitrogens is 2. The van der Waals surface area contributed by atoms with Crippen molar-refractivity contribution in [1.29, 1.82) is 0 Å². The van der Waals surface area contributed by atoms with Crippen LogP contribution in [0.1, 0.15) is 68.2 Å². The van der Waals surface area contributed by atoms with Gasteiger partial charge in [-0.1, -0.05) is 0 Å². The zero-order chi connectivity index (χ0) is 25.3. The summed E-state index contributed by atoms with van der Waals surface area (Å²) in [6, 6.07) is -0.781. The summed E-state index contributed by atoms with van der Waals surface area (Å²) in [4.78, 5) is 35.7. The van der Waals surface area contributed by atoms with Gasteiger partial charge in [-0.05, 0) is 68.2 Å². The van der Waals surface area contributed by atoms with Gasteiger partial charge in [0.2, 0.25) is 11.9 Å². The molecule has 1 aromatic heterocycles. The van der Waals surface area contributed by atoms with Crippen molar-refractivity contribution in [1.82, 2.24) is 20.6 Å². The highest BCUT2D eigenvalue weighted by atomic mass is 16.7. The molecule has 0 saturated carbocycles. The zero-order valence-corrected chi connectivity index (χ0v) is 21.6. The van der Waals surface area contributed by atoms with Gasteiger partial charge in [0.1, 0.15) is 11.6 Å². The molecule has 3 rings (SSSR count). The minimum absolute atomic E-state index is 0.0736. The molecule has 2 aliphatic rings. The van der Waals surface area contributed by atoms with Crippen LogP contribution in [0.2, 0.25) is 0 Å². The molecule has 3 heterocycles. The first-order valence-corrected chi connectivity index (χ1v) is 11.9. The summed E-state index contributed by atoms with van der Waals surface area (Å²) >= 11 is 0. The summed E-state index contributed by atoms with van der Waals surface area (Å²) in [6.45, 7) is 16.4. The fourth-order valence-corrected chi connectivity index (χ4v) is 3.75. The predicted octanol–water partition coefficient (Wildman–Crippen LogP) is 1.77. The summed E-state index contributed by atoms with van der Waals surface area (Å²) in [5.74, 6) is 0.342. The van der Waals surface area contributed by atoms with Gasteiger partial charge in [-0.2, -0.15) is 0 Å². The van der Waals surface area contributed by atoms with Crippen LogP contribution in [0.25, 0.3) is 0 Å². The van der Waals surface area contributed by atoms with Crippen LogP contribution in [0.5, 0.6) is 0 Å². The van der Waals surface area contributed by atoms with Crippen LogP contribution in [-0.4, -0.2) is 71.1 Å². The first-order chi connectivity index (χ1) is 15.7. The Morgan fingerprint density at radius 2 is 1.76 bits per heavy atom. The Labute approximate surface area is 202 Å². The first kappa shape index (κ1) is 26.2. The molecular formula is C23H38BN5O5. The van der Waals surface area contributed by atoms with E-state index in [2.05, 4.69) is 25.5 Å². The van der Waals surface area contributed by atoms with Crippen LogP contribution in [0.3, 0.4) is 0 Å². The van der Waals surface area contributed by atoms with Crippen LogP contribution in [0, 0.1) is 0 Å². The van der Waals surface area contributed by atoms with Gasteiger partial charge in [0, 0.05) is 37.0 Å². The topological polar surface area (TPSA) is 115 Å². The Kier molecular flexibility index (Phi) is 7.47. The minimum Gasteiger partial charge on any atom is -0.444 e. The number of nitrogens with one attached hydrogen (secondary N) is 2. The first-order valence-electron chi connectivity index (χ1n) is 11.9. The van der Waals surface area contributed by atoms with Gasteiger partial charge in [0.15, 0.2) is 0 Å². The molecule has 2 fully saturated rings. The lowest BCUT2D eigenvalue weighted by molar-refractivity contribution is -0.123. The molecular weight excluding hydrogens is 437 g/mol. The number of carbonyl (C=O) groups is 2. The molecule has 2 N–H and O–H groups in total. The second-order valence-electron chi connectivity index (χ2n) is 11.1. The highest BCUT2D eigenvalue weighted by molar-refractivity contribution is 6.61. The van der Waals surface area contributed by atoms with Gasteiger partial charge in [-0.15, -0.1) is 0 Å². The number of rotatable bonds is 5. The van der Waals surface area contributed by atoms with E-state index in [4.69, 9.17) is 14.0 Å². The van der Waals surface area contributed by atoms with E-state index >= 15 is 0 Å². The number of ether oxygens (including phenoxy) is 1. The second-order valence-corrected chi connectivity index (χ2v) is 11.1. The maximum atomic E-state index is 12.6. The highest BCUT2D eigenvalue weighted by Crippen LogP contribution is 2.36. The third kappa shape index (κ3) is 6.38. The van der Waals surface area contributed by atoms with E-state index in [0.717, 1.165) is 24.8 Å². The summed E-state index contributed by atoms with van der Waals surface area (Å²) < 4.78 is 17.4. The number of anilines is 1. The number of piperidine rings is 1. The van der Waals surface area contributed by atoms with Crippen molar-refractivity contribution in [3.05, 3.63) is 12.4 Å². The van der Waals surface area contributed by atoms with Crippen LogP contribution in [-0.2, 0) is 18.8 Å². The minimum atomic E-state index is -0.708. The molecule has 10 nitrogen and oxygen atoms in total. The molecule has 2 amide bonds. The number of alkyl carbamates (subject to hydrolysis) is 1. The van der Waals surface area contributed by atoms with Gasteiger partial charge >= 0.3 is 13.2 Å². The Morgan fingerprint density at radius 1 is 1.18 bits per heavy atom. The van der Waals surface area contributed by atoms with E-state index in [0.29, 0.717) is 12.5 Å². The monoisotopic (exact) mass is 475 g/mol.